The van der Waals surface area contributed by atoms with Crippen molar-refractivity contribution in [3.63, 3.8) is 0 Å². The second kappa shape index (κ2) is 8.06. The number of amides is 2. The van der Waals surface area contributed by atoms with E-state index in [0.29, 0.717) is 17.8 Å². The Morgan fingerprint density at radius 1 is 1.08 bits per heavy atom. The molecule has 132 valence electrons. The quantitative estimate of drug-likeness (QED) is 0.713. The summed E-state index contributed by atoms with van der Waals surface area (Å²) in [7, 11) is 0. The molecule has 7 heteroatoms. The highest BCUT2D eigenvalue weighted by Crippen LogP contribution is 2.11. The average Bonchev–Trinajstić information content (AvgIpc) is 3.17. The predicted molar refractivity (Wildman–Crippen MR) is 97.6 cm³/mol. The van der Waals surface area contributed by atoms with Gasteiger partial charge in [0.1, 0.15) is 18.7 Å². The van der Waals surface area contributed by atoms with Gasteiger partial charge in [-0.2, -0.15) is 5.10 Å². The monoisotopic (exact) mass is 349 g/mol. The standard InChI is InChI=1S/C19H19N5O2/c1-14(22-19(26)16-5-3-2-4-6-16)18(25)23-17-9-7-15(8-10-17)11-24-13-20-12-21-24/h2-10,12-14H,11H2,1H3,(H,22,26)(H,23,25). The fraction of sp³-hybridized carbons (Fsp3) is 0.158. The van der Waals surface area contributed by atoms with Gasteiger partial charge < -0.3 is 10.6 Å². The van der Waals surface area contributed by atoms with Crippen LogP contribution in [0.15, 0.2) is 67.3 Å². The molecular weight excluding hydrogens is 330 g/mol. The lowest BCUT2D eigenvalue weighted by Gasteiger charge is -2.14. The molecule has 3 rings (SSSR count). The number of carbonyl (C=O) groups is 2. The van der Waals surface area contributed by atoms with Gasteiger partial charge >= 0.3 is 0 Å². The number of anilines is 1. The van der Waals surface area contributed by atoms with E-state index in [1.165, 1.54) is 6.33 Å². The number of aromatic nitrogens is 3. The van der Waals surface area contributed by atoms with Crippen LogP contribution >= 0.6 is 0 Å². The number of rotatable bonds is 6. The average molecular weight is 349 g/mol. The lowest BCUT2D eigenvalue weighted by molar-refractivity contribution is -0.117. The third-order valence-corrected chi connectivity index (χ3v) is 3.81. The Kier molecular flexibility index (Phi) is 5.38. The SMILES string of the molecule is CC(NC(=O)c1ccccc1)C(=O)Nc1ccc(Cn2cncn2)cc1. The van der Waals surface area contributed by atoms with Crippen LogP contribution in [-0.4, -0.2) is 32.6 Å². The molecule has 0 radical (unpaired) electrons. The molecule has 7 nitrogen and oxygen atoms in total. The van der Waals surface area contributed by atoms with Crippen LogP contribution < -0.4 is 10.6 Å². The number of nitrogens with one attached hydrogen (secondary N) is 2. The van der Waals surface area contributed by atoms with Crippen LogP contribution in [0.25, 0.3) is 0 Å². The highest BCUT2D eigenvalue weighted by atomic mass is 16.2. The van der Waals surface area contributed by atoms with Crippen LogP contribution in [-0.2, 0) is 11.3 Å². The highest BCUT2D eigenvalue weighted by molar-refractivity contribution is 6.00. The van der Waals surface area contributed by atoms with Gasteiger partial charge in [0.15, 0.2) is 0 Å². The van der Waals surface area contributed by atoms with E-state index in [1.54, 1.807) is 42.2 Å². The molecule has 0 spiro atoms. The second-order valence-electron chi connectivity index (χ2n) is 5.84. The molecule has 0 bridgehead atoms. The molecule has 1 heterocycles. The second-order valence-corrected chi connectivity index (χ2v) is 5.84. The zero-order chi connectivity index (χ0) is 18.4. The van der Waals surface area contributed by atoms with E-state index in [1.807, 2.05) is 30.3 Å². The summed E-state index contributed by atoms with van der Waals surface area (Å²) in [6.07, 6.45) is 3.13. The normalized spacial score (nSPS) is 11.6. The molecule has 0 saturated heterocycles. The van der Waals surface area contributed by atoms with E-state index >= 15 is 0 Å². The molecule has 1 atom stereocenters. The summed E-state index contributed by atoms with van der Waals surface area (Å²) >= 11 is 0. The summed E-state index contributed by atoms with van der Waals surface area (Å²) in [6, 6.07) is 15.6. The maximum atomic E-state index is 12.3. The largest absolute Gasteiger partial charge is 0.341 e. The van der Waals surface area contributed by atoms with Crippen LogP contribution in [0.4, 0.5) is 5.69 Å². The smallest absolute Gasteiger partial charge is 0.251 e. The van der Waals surface area contributed by atoms with Crippen LogP contribution in [0.2, 0.25) is 0 Å². The van der Waals surface area contributed by atoms with E-state index in [-0.39, 0.29) is 11.8 Å². The van der Waals surface area contributed by atoms with Crippen molar-refractivity contribution in [2.45, 2.75) is 19.5 Å². The van der Waals surface area contributed by atoms with Gasteiger partial charge in [-0.25, -0.2) is 9.67 Å². The molecule has 3 aromatic rings. The van der Waals surface area contributed by atoms with Crippen molar-refractivity contribution in [2.24, 2.45) is 0 Å². The maximum Gasteiger partial charge on any atom is 0.251 e. The lowest BCUT2D eigenvalue weighted by Crippen LogP contribution is -2.41. The van der Waals surface area contributed by atoms with Crippen molar-refractivity contribution in [3.05, 3.63) is 78.4 Å². The topological polar surface area (TPSA) is 88.9 Å². The van der Waals surface area contributed by atoms with Gasteiger partial charge in [0.25, 0.3) is 5.91 Å². The molecule has 0 fully saturated rings. The minimum absolute atomic E-state index is 0.279. The summed E-state index contributed by atoms with van der Waals surface area (Å²) in [6.45, 7) is 2.26. The molecule has 2 N–H and O–H groups in total. The lowest BCUT2D eigenvalue weighted by atomic mass is 10.2. The number of benzene rings is 2. The van der Waals surface area contributed by atoms with Crippen LogP contribution in [0.3, 0.4) is 0 Å². The van der Waals surface area contributed by atoms with E-state index < -0.39 is 6.04 Å². The summed E-state index contributed by atoms with van der Waals surface area (Å²) in [5.74, 6) is -0.560. The first-order valence-electron chi connectivity index (χ1n) is 8.20. The minimum atomic E-state index is -0.655. The molecule has 0 aliphatic carbocycles. The summed E-state index contributed by atoms with van der Waals surface area (Å²) in [5.41, 5.74) is 2.22. The summed E-state index contributed by atoms with van der Waals surface area (Å²) in [4.78, 5) is 28.3. The van der Waals surface area contributed by atoms with Gasteiger partial charge in [-0.1, -0.05) is 30.3 Å². The Morgan fingerprint density at radius 3 is 2.46 bits per heavy atom. The van der Waals surface area contributed by atoms with Crippen molar-refractivity contribution in [1.29, 1.82) is 0 Å². The zero-order valence-corrected chi connectivity index (χ0v) is 14.3. The highest BCUT2D eigenvalue weighted by Gasteiger charge is 2.16. The molecular formula is C19H19N5O2. The van der Waals surface area contributed by atoms with Gasteiger partial charge in [0, 0.05) is 11.3 Å². The zero-order valence-electron chi connectivity index (χ0n) is 14.3. The van der Waals surface area contributed by atoms with Crippen molar-refractivity contribution in [2.75, 3.05) is 5.32 Å². The van der Waals surface area contributed by atoms with E-state index in [9.17, 15) is 9.59 Å². The first-order valence-corrected chi connectivity index (χ1v) is 8.20. The molecule has 2 aromatic carbocycles. The Balaban J connectivity index is 1.54. The van der Waals surface area contributed by atoms with Gasteiger partial charge in [0.2, 0.25) is 5.91 Å². The fourth-order valence-corrected chi connectivity index (χ4v) is 2.38. The minimum Gasteiger partial charge on any atom is -0.341 e. The first-order chi connectivity index (χ1) is 12.6. The molecule has 1 aromatic heterocycles. The number of hydrogen-bond acceptors (Lipinski definition) is 4. The number of hydrogen-bond donors (Lipinski definition) is 2. The Labute approximate surface area is 151 Å². The Hall–Kier alpha value is -3.48. The molecule has 1 unspecified atom stereocenters. The predicted octanol–water partition coefficient (Wildman–Crippen LogP) is 2.08. The molecule has 0 saturated carbocycles. The summed E-state index contributed by atoms with van der Waals surface area (Å²) < 4.78 is 1.72. The van der Waals surface area contributed by atoms with E-state index in [4.69, 9.17) is 0 Å². The van der Waals surface area contributed by atoms with Crippen molar-refractivity contribution < 1.29 is 9.59 Å². The molecule has 0 aliphatic heterocycles. The first kappa shape index (κ1) is 17.3. The van der Waals surface area contributed by atoms with Gasteiger partial charge in [-0.15, -0.1) is 0 Å². The van der Waals surface area contributed by atoms with Gasteiger partial charge in [-0.05, 0) is 36.8 Å². The number of carbonyl (C=O) groups excluding carboxylic acids is 2. The van der Waals surface area contributed by atoms with Crippen LogP contribution in [0.1, 0.15) is 22.8 Å². The van der Waals surface area contributed by atoms with Crippen LogP contribution in [0.5, 0.6) is 0 Å². The third-order valence-electron chi connectivity index (χ3n) is 3.81. The third kappa shape index (κ3) is 4.54. The maximum absolute atomic E-state index is 12.3. The molecule has 0 aliphatic rings. The van der Waals surface area contributed by atoms with Gasteiger partial charge in [0.05, 0.1) is 6.54 Å². The van der Waals surface area contributed by atoms with E-state index in [2.05, 4.69) is 20.7 Å². The van der Waals surface area contributed by atoms with Crippen molar-refractivity contribution in [3.8, 4) is 0 Å². The van der Waals surface area contributed by atoms with Crippen molar-refractivity contribution in [1.82, 2.24) is 20.1 Å². The van der Waals surface area contributed by atoms with Gasteiger partial charge in [-0.3, -0.25) is 9.59 Å². The number of nitrogens with zero attached hydrogens (tertiary/aromatic N) is 3. The fourth-order valence-electron chi connectivity index (χ4n) is 2.38. The Bertz CT molecular complexity index is 861. The van der Waals surface area contributed by atoms with Crippen molar-refractivity contribution >= 4 is 17.5 Å². The molecule has 2 amide bonds. The summed E-state index contributed by atoms with van der Waals surface area (Å²) in [5, 5.41) is 9.54. The van der Waals surface area contributed by atoms with E-state index in [0.717, 1.165) is 5.56 Å². The Morgan fingerprint density at radius 2 is 1.81 bits per heavy atom. The van der Waals surface area contributed by atoms with Crippen LogP contribution in [0, 0.1) is 0 Å². The molecule has 26 heavy (non-hydrogen) atoms.